The summed E-state index contributed by atoms with van der Waals surface area (Å²) in [6, 6.07) is 3.84. The van der Waals surface area contributed by atoms with E-state index < -0.39 is 5.92 Å². The van der Waals surface area contributed by atoms with E-state index in [0.29, 0.717) is 25.9 Å². The number of hydrogen-bond acceptors (Lipinski definition) is 4. The lowest BCUT2D eigenvalue weighted by atomic mass is 10.1. The first-order chi connectivity index (χ1) is 12.9. The number of methoxy groups -OCH3 is 1. The zero-order valence-electron chi connectivity index (χ0n) is 15.8. The number of pyridine rings is 1. The van der Waals surface area contributed by atoms with Crippen molar-refractivity contribution in [3.63, 3.8) is 0 Å². The van der Waals surface area contributed by atoms with Crippen molar-refractivity contribution >= 4 is 17.1 Å². The molecule has 0 spiro atoms. The van der Waals surface area contributed by atoms with Gasteiger partial charge in [0.15, 0.2) is 5.65 Å². The summed E-state index contributed by atoms with van der Waals surface area (Å²) in [6.45, 7) is 2.86. The Hall–Kier alpha value is -2.09. The molecule has 1 aliphatic rings. The monoisotopic (exact) mass is 380 g/mol. The fourth-order valence-corrected chi connectivity index (χ4v) is 3.57. The number of amides is 1. The van der Waals surface area contributed by atoms with Gasteiger partial charge in [-0.25, -0.2) is 18.7 Å². The summed E-state index contributed by atoms with van der Waals surface area (Å²) in [7, 11) is 1.66. The van der Waals surface area contributed by atoms with Crippen molar-refractivity contribution < 1.29 is 18.3 Å². The molecule has 2 aromatic heterocycles. The fourth-order valence-electron chi connectivity index (χ4n) is 3.57. The Bertz CT molecular complexity index is 783. The molecule has 0 radical (unpaired) electrons. The first kappa shape index (κ1) is 19.7. The van der Waals surface area contributed by atoms with Crippen molar-refractivity contribution in [2.24, 2.45) is 0 Å². The number of carbonyl (C=O) groups excluding carboxylic acids is 1. The van der Waals surface area contributed by atoms with E-state index >= 15 is 0 Å². The smallest absolute Gasteiger partial charge is 0.251 e. The summed E-state index contributed by atoms with van der Waals surface area (Å²) in [6.07, 6.45) is 2.83. The third-order valence-electron chi connectivity index (χ3n) is 5.01. The molecule has 6 nitrogen and oxygen atoms in total. The van der Waals surface area contributed by atoms with E-state index in [1.54, 1.807) is 18.2 Å². The fraction of sp³-hybridized carbons (Fsp3) is 0.632. The van der Waals surface area contributed by atoms with Gasteiger partial charge in [-0.15, -0.1) is 0 Å². The molecule has 1 saturated heterocycles. The molecule has 3 heterocycles. The van der Waals surface area contributed by atoms with E-state index in [2.05, 4.69) is 14.5 Å². The summed E-state index contributed by atoms with van der Waals surface area (Å²) in [5.74, 6) is -1.82. The van der Waals surface area contributed by atoms with Crippen LogP contribution in [0.15, 0.2) is 18.3 Å². The molecular weight excluding hydrogens is 354 g/mol. The molecule has 1 atom stereocenters. The largest absolute Gasteiger partial charge is 0.383 e. The maximum absolute atomic E-state index is 13.2. The Kier molecular flexibility index (Phi) is 6.04. The van der Waals surface area contributed by atoms with Crippen LogP contribution < -0.4 is 0 Å². The zero-order chi connectivity index (χ0) is 19.4. The lowest BCUT2D eigenvalue weighted by Crippen LogP contribution is -2.42. The second-order valence-corrected chi connectivity index (χ2v) is 7.14. The normalized spacial score (nSPS) is 18.0. The van der Waals surface area contributed by atoms with Crippen molar-refractivity contribution in [3.8, 4) is 0 Å². The van der Waals surface area contributed by atoms with Gasteiger partial charge in [0.2, 0.25) is 5.91 Å². The van der Waals surface area contributed by atoms with Gasteiger partial charge in [-0.2, -0.15) is 0 Å². The number of alkyl halides is 2. The molecule has 8 heteroatoms. The molecule has 0 aliphatic carbocycles. The van der Waals surface area contributed by atoms with Crippen LogP contribution >= 0.6 is 0 Å². The van der Waals surface area contributed by atoms with Crippen LogP contribution in [0.4, 0.5) is 8.78 Å². The summed E-state index contributed by atoms with van der Waals surface area (Å²) in [5, 5.41) is 0. The molecule has 148 valence electrons. The Morgan fingerprint density at radius 3 is 2.81 bits per heavy atom. The van der Waals surface area contributed by atoms with Crippen LogP contribution in [0.1, 0.15) is 44.5 Å². The standard InChI is InChI=1S/C19H26F2N4O2/c1-14(13-27-2)25-16(23-15-5-4-10-22-18(15)25)6-3-7-17(26)24-11-8-19(20,21)9-12-24/h4-5,10,14H,3,6-9,11-13H2,1-2H3. The topological polar surface area (TPSA) is 60.2 Å². The SMILES string of the molecule is COCC(C)n1c(CCCC(=O)N2CCC(F)(F)CC2)nc2cccnc21. The highest BCUT2D eigenvalue weighted by Crippen LogP contribution is 2.28. The number of rotatable bonds is 7. The van der Waals surface area contributed by atoms with Crippen molar-refractivity contribution in [1.29, 1.82) is 0 Å². The van der Waals surface area contributed by atoms with Gasteiger partial charge in [0.1, 0.15) is 11.3 Å². The number of aromatic nitrogens is 3. The van der Waals surface area contributed by atoms with Crippen LogP contribution in [0.3, 0.4) is 0 Å². The van der Waals surface area contributed by atoms with Gasteiger partial charge in [-0.3, -0.25) is 4.79 Å². The molecular formula is C19H26F2N4O2. The van der Waals surface area contributed by atoms with Crippen molar-refractivity contribution in [3.05, 3.63) is 24.2 Å². The molecule has 1 amide bonds. The number of likely N-dealkylation sites (tertiary alicyclic amines) is 1. The summed E-state index contributed by atoms with van der Waals surface area (Å²) in [5.41, 5.74) is 1.63. The van der Waals surface area contributed by atoms with Gasteiger partial charge in [0.25, 0.3) is 5.92 Å². The average molecular weight is 380 g/mol. The van der Waals surface area contributed by atoms with E-state index in [9.17, 15) is 13.6 Å². The number of aryl methyl sites for hydroxylation is 1. The third-order valence-corrected chi connectivity index (χ3v) is 5.01. The quantitative estimate of drug-likeness (QED) is 0.740. The molecule has 2 aromatic rings. The highest BCUT2D eigenvalue weighted by atomic mass is 19.3. The van der Waals surface area contributed by atoms with Gasteiger partial charge in [0.05, 0.1) is 12.6 Å². The maximum atomic E-state index is 13.2. The minimum atomic E-state index is -2.63. The van der Waals surface area contributed by atoms with E-state index in [0.717, 1.165) is 17.0 Å². The van der Waals surface area contributed by atoms with E-state index in [-0.39, 0.29) is 37.9 Å². The van der Waals surface area contributed by atoms with Gasteiger partial charge >= 0.3 is 0 Å². The molecule has 1 unspecified atom stereocenters. The minimum Gasteiger partial charge on any atom is -0.383 e. The Balaban J connectivity index is 1.63. The Morgan fingerprint density at radius 2 is 2.11 bits per heavy atom. The first-order valence-corrected chi connectivity index (χ1v) is 9.37. The van der Waals surface area contributed by atoms with Crippen molar-refractivity contribution in [2.45, 2.75) is 51.0 Å². The first-order valence-electron chi connectivity index (χ1n) is 9.37. The number of carbonyl (C=O) groups is 1. The summed E-state index contributed by atoms with van der Waals surface area (Å²) >= 11 is 0. The van der Waals surface area contributed by atoms with E-state index in [4.69, 9.17) is 4.74 Å². The predicted molar refractivity (Wildman–Crippen MR) is 97.8 cm³/mol. The predicted octanol–water partition coefficient (Wildman–Crippen LogP) is 3.22. The number of hydrogen-bond donors (Lipinski definition) is 0. The Labute approximate surface area is 157 Å². The Morgan fingerprint density at radius 1 is 1.37 bits per heavy atom. The van der Waals surface area contributed by atoms with Crippen LogP contribution in [0.5, 0.6) is 0 Å². The second kappa shape index (κ2) is 8.29. The van der Waals surface area contributed by atoms with Gasteiger partial charge in [0, 0.05) is 52.1 Å². The number of fused-ring (bicyclic) bond motifs is 1. The zero-order valence-corrected chi connectivity index (χ0v) is 15.8. The minimum absolute atomic E-state index is 0.0590. The van der Waals surface area contributed by atoms with Crippen LogP contribution in [0.2, 0.25) is 0 Å². The van der Waals surface area contributed by atoms with Gasteiger partial charge in [-0.1, -0.05) is 0 Å². The number of piperidine rings is 1. The highest BCUT2D eigenvalue weighted by molar-refractivity contribution is 5.76. The summed E-state index contributed by atoms with van der Waals surface area (Å²) in [4.78, 5) is 23.0. The number of halogens is 2. The van der Waals surface area contributed by atoms with Gasteiger partial charge < -0.3 is 14.2 Å². The van der Waals surface area contributed by atoms with E-state index in [1.807, 2.05) is 19.1 Å². The molecule has 3 rings (SSSR count). The third kappa shape index (κ3) is 4.61. The van der Waals surface area contributed by atoms with Crippen molar-refractivity contribution in [1.82, 2.24) is 19.4 Å². The van der Waals surface area contributed by atoms with Crippen LogP contribution in [-0.2, 0) is 16.0 Å². The maximum Gasteiger partial charge on any atom is 0.251 e. The number of imidazole rings is 1. The lowest BCUT2D eigenvalue weighted by Gasteiger charge is -2.31. The lowest BCUT2D eigenvalue weighted by molar-refractivity contribution is -0.137. The molecule has 27 heavy (non-hydrogen) atoms. The molecule has 0 N–H and O–H groups in total. The second-order valence-electron chi connectivity index (χ2n) is 7.14. The molecule has 0 saturated carbocycles. The highest BCUT2D eigenvalue weighted by Gasteiger charge is 2.35. The van der Waals surface area contributed by atoms with E-state index in [1.165, 1.54) is 0 Å². The molecule has 0 aromatic carbocycles. The van der Waals surface area contributed by atoms with Crippen LogP contribution in [-0.4, -0.2) is 58.1 Å². The number of nitrogens with zero attached hydrogens (tertiary/aromatic N) is 4. The molecule has 1 fully saturated rings. The van der Waals surface area contributed by atoms with Crippen molar-refractivity contribution in [2.75, 3.05) is 26.8 Å². The van der Waals surface area contributed by atoms with Gasteiger partial charge in [-0.05, 0) is 25.5 Å². The molecule has 1 aliphatic heterocycles. The molecule has 0 bridgehead atoms. The van der Waals surface area contributed by atoms with Crippen LogP contribution in [0, 0.1) is 0 Å². The average Bonchev–Trinajstić information content (AvgIpc) is 3.00. The van der Waals surface area contributed by atoms with Crippen LogP contribution in [0.25, 0.3) is 11.2 Å². The summed E-state index contributed by atoms with van der Waals surface area (Å²) < 4.78 is 33.8. The number of ether oxygens (including phenoxy) is 1.